The van der Waals surface area contributed by atoms with Crippen LogP contribution in [0.5, 0.6) is 0 Å². The summed E-state index contributed by atoms with van der Waals surface area (Å²) in [5.74, 6) is -2.47. The van der Waals surface area contributed by atoms with Gasteiger partial charge >= 0.3 is 5.97 Å². The number of rotatable bonds is 23. The van der Waals surface area contributed by atoms with Crippen LogP contribution in [0.4, 0.5) is 0 Å². The monoisotopic (exact) mass is 497 g/mol. The van der Waals surface area contributed by atoms with Crippen molar-refractivity contribution >= 4 is 23.7 Å². The van der Waals surface area contributed by atoms with Crippen molar-refractivity contribution in [3.05, 3.63) is 0 Å². The quantitative estimate of drug-likeness (QED) is 0.150. The second-order valence-corrected chi connectivity index (χ2v) is 10.1. The summed E-state index contributed by atoms with van der Waals surface area (Å²) in [5.41, 5.74) is 5.08. The summed E-state index contributed by atoms with van der Waals surface area (Å²) in [6.45, 7) is 6.10. The summed E-state index contributed by atoms with van der Waals surface area (Å²) < 4.78 is 0. The maximum absolute atomic E-state index is 12.7. The van der Waals surface area contributed by atoms with Gasteiger partial charge in [0.1, 0.15) is 12.1 Å². The van der Waals surface area contributed by atoms with E-state index in [-0.39, 0.29) is 24.7 Å². The molecule has 8 heteroatoms. The van der Waals surface area contributed by atoms with Gasteiger partial charge in [0.25, 0.3) is 0 Å². The molecule has 0 aromatic rings. The average molecular weight is 498 g/mol. The van der Waals surface area contributed by atoms with Crippen molar-refractivity contribution in [3.63, 3.8) is 0 Å². The molecule has 0 aliphatic rings. The highest BCUT2D eigenvalue weighted by Gasteiger charge is 2.27. The fourth-order valence-corrected chi connectivity index (χ4v) is 4.09. The summed E-state index contributed by atoms with van der Waals surface area (Å²) in [4.78, 5) is 47.4. The molecule has 8 nitrogen and oxygen atoms in total. The lowest BCUT2D eigenvalue weighted by molar-refractivity contribution is -0.142. The van der Waals surface area contributed by atoms with Crippen molar-refractivity contribution < 1.29 is 24.3 Å². The van der Waals surface area contributed by atoms with Crippen LogP contribution in [0.1, 0.15) is 130 Å². The van der Waals surface area contributed by atoms with Crippen LogP contribution in [0.25, 0.3) is 0 Å². The van der Waals surface area contributed by atoms with Crippen LogP contribution in [-0.2, 0) is 19.2 Å². The lowest BCUT2D eigenvalue weighted by Crippen LogP contribution is -2.52. The first-order chi connectivity index (χ1) is 16.7. The molecule has 0 rings (SSSR count). The molecule has 3 amide bonds. The molecule has 0 aliphatic heterocycles. The summed E-state index contributed by atoms with van der Waals surface area (Å²) in [7, 11) is 0. The topological polar surface area (TPSA) is 139 Å². The first kappa shape index (κ1) is 32.9. The summed E-state index contributed by atoms with van der Waals surface area (Å²) in [6.07, 6.45) is 16.5. The van der Waals surface area contributed by atoms with E-state index in [1.807, 2.05) is 13.8 Å². The highest BCUT2D eigenvalue weighted by molar-refractivity contribution is 5.90. The second kappa shape index (κ2) is 21.2. The van der Waals surface area contributed by atoms with Crippen LogP contribution in [-0.4, -0.2) is 40.9 Å². The number of carbonyl (C=O) groups excluding carboxylic acids is 3. The molecule has 0 heterocycles. The Kier molecular flexibility index (Phi) is 19.9. The summed E-state index contributed by atoms with van der Waals surface area (Å²) in [6, 6.07) is -2.03. The first-order valence-electron chi connectivity index (χ1n) is 13.8. The van der Waals surface area contributed by atoms with Crippen molar-refractivity contribution in [2.45, 2.75) is 142 Å². The fraction of sp³-hybridized carbons (Fsp3) is 0.852. The van der Waals surface area contributed by atoms with Gasteiger partial charge in [-0.15, -0.1) is 0 Å². The van der Waals surface area contributed by atoms with Gasteiger partial charge in [-0.3, -0.25) is 14.4 Å². The van der Waals surface area contributed by atoms with Crippen molar-refractivity contribution in [1.82, 2.24) is 10.6 Å². The Hall–Kier alpha value is -2.12. The van der Waals surface area contributed by atoms with E-state index in [0.29, 0.717) is 12.8 Å². The summed E-state index contributed by atoms with van der Waals surface area (Å²) in [5, 5.41) is 14.5. The van der Waals surface area contributed by atoms with E-state index in [0.717, 1.165) is 19.3 Å². The second-order valence-electron chi connectivity index (χ2n) is 10.1. The molecule has 0 saturated heterocycles. The third-order valence-corrected chi connectivity index (χ3v) is 6.16. The highest BCUT2D eigenvalue weighted by atomic mass is 16.4. The van der Waals surface area contributed by atoms with Crippen molar-refractivity contribution in [2.24, 2.45) is 11.7 Å². The molecule has 35 heavy (non-hydrogen) atoms. The zero-order chi connectivity index (χ0) is 26.5. The molecule has 0 unspecified atom stereocenters. The molecule has 0 aromatic carbocycles. The van der Waals surface area contributed by atoms with Crippen molar-refractivity contribution in [3.8, 4) is 0 Å². The lowest BCUT2D eigenvalue weighted by Gasteiger charge is -2.22. The SMILES string of the molecule is CCCCCCCCCCCCCCCC(=O)N[C@@H](CC(C)C)C(=O)N[C@@H](CCC(N)=O)C(=O)O. The maximum Gasteiger partial charge on any atom is 0.326 e. The number of carboxylic acids is 1. The van der Waals surface area contributed by atoms with Gasteiger partial charge in [-0.1, -0.05) is 97.8 Å². The minimum Gasteiger partial charge on any atom is -0.480 e. The van der Waals surface area contributed by atoms with E-state index >= 15 is 0 Å². The zero-order valence-electron chi connectivity index (χ0n) is 22.4. The molecule has 0 aliphatic carbocycles. The zero-order valence-corrected chi connectivity index (χ0v) is 22.4. The fourth-order valence-electron chi connectivity index (χ4n) is 4.09. The minimum absolute atomic E-state index is 0.0856. The van der Waals surface area contributed by atoms with Gasteiger partial charge in [0, 0.05) is 12.8 Å². The van der Waals surface area contributed by atoms with Gasteiger partial charge in [0.2, 0.25) is 17.7 Å². The number of unbranched alkanes of at least 4 members (excludes halogenated alkanes) is 12. The molecule has 0 saturated carbocycles. The lowest BCUT2D eigenvalue weighted by atomic mass is 10.0. The number of hydrogen-bond acceptors (Lipinski definition) is 4. The van der Waals surface area contributed by atoms with Gasteiger partial charge < -0.3 is 21.5 Å². The molecule has 0 bridgehead atoms. The Morgan fingerprint density at radius 3 is 1.63 bits per heavy atom. The van der Waals surface area contributed by atoms with Gasteiger partial charge in [-0.05, 0) is 25.2 Å². The molecule has 204 valence electrons. The number of carboxylic acid groups (broad SMARTS) is 1. The van der Waals surface area contributed by atoms with Crippen LogP contribution in [0, 0.1) is 5.92 Å². The Labute approximate surface area is 212 Å². The van der Waals surface area contributed by atoms with Crippen LogP contribution >= 0.6 is 0 Å². The average Bonchev–Trinajstić information content (AvgIpc) is 2.78. The van der Waals surface area contributed by atoms with E-state index in [2.05, 4.69) is 17.6 Å². The van der Waals surface area contributed by atoms with E-state index in [1.165, 1.54) is 64.2 Å². The normalized spacial score (nSPS) is 12.8. The molecule has 0 radical (unpaired) electrons. The molecular formula is C27H51N3O5. The van der Waals surface area contributed by atoms with Crippen LogP contribution in [0.3, 0.4) is 0 Å². The molecular weight excluding hydrogens is 446 g/mol. The number of aliphatic carboxylic acids is 1. The molecule has 0 aromatic heterocycles. The predicted molar refractivity (Wildman–Crippen MR) is 140 cm³/mol. The van der Waals surface area contributed by atoms with Crippen LogP contribution in [0.2, 0.25) is 0 Å². The summed E-state index contributed by atoms with van der Waals surface area (Å²) >= 11 is 0. The highest BCUT2D eigenvalue weighted by Crippen LogP contribution is 2.13. The molecule has 0 spiro atoms. The Bertz CT molecular complexity index is 610. The van der Waals surface area contributed by atoms with Gasteiger partial charge in [-0.2, -0.15) is 0 Å². The van der Waals surface area contributed by atoms with Crippen LogP contribution in [0.15, 0.2) is 0 Å². The van der Waals surface area contributed by atoms with E-state index in [1.54, 1.807) is 0 Å². The predicted octanol–water partition coefficient (Wildman–Crippen LogP) is 4.83. The number of carbonyl (C=O) groups is 4. The Morgan fingerprint density at radius 1 is 0.714 bits per heavy atom. The molecule has 0 fully saturated rings. The Balaban J connectivity index is 4.18. The maximum atomic E-state index is 12.7. The number of hydrogen-bond donors (Lipinski definition) is 4. The molecule has 2 atom stereocenters. The largest absolute Gasteiger partial charge is 0.480 e. The van der Waals surface area contributed by atoms with Crippen LogP contribution < -0.4 is 16.4 Å². The minimum atomic E-state index is -1.24. The van der Waals surface area contributed by atoms with Gasteiger partial charge in [0.05, 0.1) is 0 Å². The smallest absolute Gasteiger partial charge is 0.326 e. The number of nitrogens with two attached hydrogens (primary N) is 1. The third-order valence-electron chi connectivity index (χ3n) is 6.16. The third kappa shape index (κ3) is 19.8. The van der Waals surface area contributed by atoms with Crippen molar-refractivity contribution in [2.75, 3.05) is 0 Å². The van der Waals surface area contributed by atoms with Gasteiger partial charge in [0.15, 0.2) is 0 Å². The first-order valence-corrected chi connectivity index (χ1v) is 13.8. The number of primary amides is 1. The van der Waals surface area contributed by atoms with E-state index in [9.17, 15) is 24.3 Å². The number of amides is 3. The van der Waals surface area contributed by atoms with Crippen molar-refractivity contribution in [1.29, 1.82) is 0 Å². The molecule has 5 N–H and O–H groups in total. The number of nitrogens with one attached hydrogen (secondary N) is 2. The Morgan fingerprint density at radius 2 is 1.20 bits per heavy atom. The van der Waals surface area contributed by atoms with E-state index in [4.69, 9.17) is 5.73 Å². The standard InChI is InChI=1S/C27H51N3O5/c1-4-5-6-7-8-9-10-11-12-13-14-15-16-17-25(32)29-23(20-21(2)3)26(33)30-22(27(34)35)18-19-24(28)31/h21-23H,4-20H2,1-3H3,(H2,28,31)(H,29,32)(H,30,33)(H,34,35)/t22-,23-/m0/s1. The van der Waals surface area contributed by atoms with E-state index < -0.39 is 29.9 Å². The van der Waals surface area contributed by atoms with Gasteiger partial charge in [-0.25, -0.2) is 4.79 Å².